The first-order valence-corrected chi connectivity index (χ1v) is 9.80. The minimum absolute atomic E-state index is 0.170. The number of carbonyl (C=O) groups excluding carboxylic acids is 2. The first-order chi connectivity index (χ1) is 14.6. The van der Waals surface area contributed by atoms with Gasteiger partial charge in [0.15, 0.2) is 5.82 Å². The summed E-state index contributed by atoms with van der Waals surface area (Å²) in [4.78, 5) is 37.5. The Balaban J connectivity index is 1.64. The van der Waals surface area contributed by atoms with E-state index in [2.05, 4.69) is 15.3 Å². The summed E-state index contributed by atoms with van der Waals surface area (Å²) in [6, 6.07) is 3.90. The minimum Gasteiger partial charge on any atom is -0.366 e. The summed E-state index contributed by atoms with van der Waals surface area (Å²) >= 11 is 0. The van der Waals surface area contributed by atoms with Crippen LogP contribution < -0.4 is 20.4 Å². The van der Waals surface area contributed by atoms with Gasteiger partial charge in [-0.1, -0.05) is 6.07 Å². The maximum Gasteiger partial charge on any atom is 0.408 e. The van der Waals surface area contributed by atoms with Crippen LogP contribution in [0, 0.1) is 6.92 Å². The number of urea groups is 1. The molecule has 2 aliphatic rings. The number of amides is 3. The van der Waals surface area contributed by atoms with E-state index in [0.29, 0.717) is 31.0 Å². The van der Waals surface area contributed by atoms with E-state index in [1.54, 1.807) is 18.3 Å². The number of carbonyl (C=O) groups is 2. The van der Waals surface area contributed by atoms with Gasteiger partial charge in [-0.25, -0.2) is 14.8 Å². The van der Waals surface area contributed by atoms with Gasteiger partial charge in [0.25, 0.3) is 5.91 Å². The molecule has 164 valence electrons. The van der Waals surface area contributed by atoms with Crippen LogP contribution in [0.2, 0.25) is 0 Å². The van der Waals surface area contributed by atoms with Crippen LogP contribution in [0.4, 0.5) is 35.3 Å². The topological polar surface area (TPSA) is 90.5 Å². The third-order valence-electron chi connectivity index (χ3n) is 5.48. The molecule has 8 nitrogen and oxygen atoms in total. The lowest BCUT2D eigenvalue weighted by Crippen LogP contribution is -2.49. The van der Waals surface area contributed by atoms with Crippen LogP contribution in [0.15, 0.2) is 30.5 Å². The fourth-order valence-electron chi connectivity index (χ4n) is 3.73. The molecular weight excluding hydrogens is 413 g/mol. The van der Waals surface area contributed by atoms with E-state index in [-0.39, 0.29) is 17.6 Å². The van der Waals surface area contributed by atoms with Gasteiger partial charge in [-0.3, -0.25) is 15.0 Å². The molecule has 2 aliphatic heterocycles. The molecule has 2 N–H and O–H groups in total. The van der Waals surface area contributed by atoms with Gasteiger partial charge < -0.3 is 10.2 Å². The van der Waals surface area contributed by atoms with Crippen molar-refractivity contribution in [3.63, 3.8) is 0 Å². The smallest absolute Gasteiger partial charge is 0.366 e. The number of pyridine rings is 2. The number of hydrogen-bond acceptors (Lipinski definition) is 5. The van der Waals surface area contributed by atoms with Crippen molar-refractivity contribution in [2.45, 2.75) is 38.5 Å². The number of halogens is 3. The Morgan fingerprint density at radius 1 is 1.26 bits per heavy atom. The number of aromatic nitrogens is 2. The monoisotopic (exact) mass is 434 g/mol. The Kier molecular flexibility index (Phi) is 5.19. The SMILES string of the molecule is Cc1cccnc1NC(=O)N1c2nc(C(=O)N[C@H](C)C(F)(F)F)ccc2N2CCC1C2. The molecule has 0 saturated carbocycles. The van der Waals surface area contributed by atoms with Crippen molar-refractivity contribution >= 4 is 29.3 Å². The van der Waals surface area contributed by atoms with Gasteiger partial charge in [0.05, 0.1) is 11.7 Å². The highest BCUT2D eigenvalue weighted by atomic mass is 19.4. The fourth-order valence-corrected chi connectivity index (χ4v) is 3.73. The van der Waals surface area contributed by atoms with Crippen molar-refractivity contribution in [1.29, 1.82) is 0 Å². The first-order valence-electron chi connectivity index (χ1n) is 9.80. The molecule has 11 heteroatoms. The number of nitrogens with one attached hydrogen (secondary N) is 2. The molecule has 1 saturated heterocycles. The summed E-state index contributed by atoms with van der Waals surface area (Å²) in [5.74, 6) is -0.309. The molecule has 31 heavy (non-hydrogen) atoms. The third kappa shape index (κ3) is 3.99. The van der Waals surface area contributed by atoms with Crippen molar-refractivity contribution in [2.75, 3.05) is 28.2 Å². The molecule has 4 rings (SSSR count). The lowest BCUT2D eigenvalue weighted by atomic mass is 10.1. The molecule has 2 aromatic rings. The molecule has 2 bridgehead atoms. The second kappa shape index (κ2) is 7.71. The van der Waals surface area contributed by atoms with Crippen LogP contribution in [0.3, 0.4) is 0 Å². The molecule has 2 atom stereocenters. The summed E-state index contributed by atoms with van der Waals surface area (Å²) < 4.78 is 38.4. The van der Waals surface area contributed by atoms with E-state index in [1.807, 2.05) is 23.2 Å². The number of fused-ring (bicyclic) bond motifs is 4. The van der Waals surface area contributed by atoms with Crippen LogP contribution in [0.1, 0.15) is 29.4 Å². The normalized spacial score (nSPS) is 18.4. The molecule has 0 aliphatic carbocycles. The maximum atomic E-state index is 13.1. The molecule has 0 spiro atoms. The quantitative estimate of drug-likeness (QED) is 0.775. The van der Waals surface area contributed by atoms with Gasteiger partial charge in [0.1, 0.15) is 17.6 Å². The molecule has 0 radical (unpaired) electrons. The van der Waals surface area contributed by atoms with Crippen LogP contribution in [0.25, 0.3) is 0 Å². The van der Waals surface area contributed by atoms with Crippen LogP contribution in [0.5, 0.6) is 0 Å². The summed E-state index contributed by atoms with van der Waals surface area (Å²) in [5, 5.41) is 4.68. The molecule has 2 aromatic heterocycles. The van der Waals surface area contributed by atoms with E-state index in [1.165, 1.54) is 11.0 Å². The maximum absolute atomic E-state index is 13.1. The second-order valence-corrected chi connectivity index (χ2v) is 7.63. The highest BCUT2D eigenvalue weighted by Gasteiger charge is 2.41. The number of hydrogen-bond donors (Lipinski definition) is 2. The molecule has 1 fully saturated rings. The van der Waals surface area contributed by atoms with Gasteiger partial charge >= 0.3 is 12.2 Å². The van der Waals surface area contributed by atoms with Gasteiger partial charge in [0.2, 0.25) is 0 Å². The zero-order chi connectivity index (χ0) is 22.3. The van der Waals surface area contributed by atoms with Gasteiger partial charge in [-0.15, -0.1) is 0 Å². The molecular formula is C20H21F3N6O2. The van der Waals surface area contributed by atoms with E-state index in [9.17, 15) is 22.8 Å². The van der Waals surface area contributed by atoms with Crippen LogP contribution in [-0.2, 0) is 0 Å². The lowest BCUT2D eigenvalue weighted by Gasteiger charge is -2.35. The molecule has 3 amide bonds. The predicted octanol–water partition coefficient (Wildman–Crippen LogP) is 3.10. The van der Waals surface area contributed by atoms with E-state index in [0.717, 1.165) is 12.5 Å². The number of nitrogens with zero attached hydrogens (tertiary/aromatic N) is 4. The first kappa shape index (κ1) is 20.9. The minimum atomic E-state index is -4.57. The van der Waals surface area contributed by atoms with Gasteiger partial charge in [-0.05, 0) is 44.0 Å². The van der Waals surface area contributed by atoms with Crippen molar-refractivity contribution in [2.24, 2.45) is 0 Å². The summed E-state index contributed by atoms with van der Waals surface area (Å²) in [5.41, 5.74) is 1.24. The van der Waals surface area contributed by atoms with E-state index < -0.39 is 24.2 Å². The van der Waals surface area contributed by atoms with E-state index in [4.69, 9.17) is 0 Å². The highest BCUT2D eigenvalue weighted by Crippen LogP contribution is 2.39. The Labute approximate surface area is 176 Å². The zero-order valence-electron chi connectivity index (χ0n) is 16.9. The summed E-state index contributed by atoms with van der Waals surface area (Å²) in [7, 11) is 0. The Morgan fingerprint density at radius 3 is 2.74 bits per heavy atom. The highest BCUT2D eigenvalue weighted by molar-refractivity contribution is 6.05. The molecule has 4 heterocycles. The third-order valence-corrected chi connectivity index (χ3v) is 5.48. The predicted molar refractivity (Wildman–Crippen MR) is 108 cm³/mol. The average molecular weight is 434 g/mol. The second-order valence-electron chi connectivity index (χ2n) is 7.63. The number of rotatable bonds is 3. The number of anilines is 3. The van der Waals surface area contributed by atoms with Crippen LogP contribution >= 0.6 is 0 Å². The van der Waals surface area contributed by atoms with E-state index >= 15 is 0 Å². The van der Waals surface area contributed by atoms with Crippen molar-refractivity contribution in [1.82, 2.24) is 15.3 Å². The van der Waals surface area contributed by atoms with Gasteiger partial charge in [0, 0.05) is 19.3 Å². The number of alkyl halides is 3. The van der Waals surface area contributed by atoms with Crippen molar-refractivity contribution < 1.29 is 22.8 Å². The van der Waals surface area contributed by atoms with Crippen molar-refractivity contribution in [3.05, 3.63) is 41.7 Å². The Morgan fingerprint density at radius 2 is 2.03 bits per heavy atom. The summed E-state index contributed by atoms with van der Waals surface area (Å²) in [6.45, 7) is 3.99. The fraction of sp³-hybridized carbons (Fsp3) is 0.400. The van der Waals surface area contributed by atoms with Crippen molar-refractivity contribution in [3.8, 4) is 0 Å². The zero-order valence-corrected chi connectivity index (χ0v) is 16.9. The molecule has 0 aromatic carbocycles. The lowest BCUT2D eigenvalue weighted by molar-refractivity contribution is -0.149. The standard InChI is InChI=1S/C20H21F3N6O2/c1-11-4-3-8-24-16(11)27-19(31)29-13-7-9-28(10-13)15-6-5-14(26-17(15)29)18(30)25-12(2)20(21,22)23/h3-6,8,12-13H,7,9-10H2,1-2H3,(H,25,30)(H,24,27,31)/t12-,13?/m1/s1. The van der Waals surface area contributed by atoms with Gasteiger partial charge in [-0.2, -0.15) is 13.2 Å². The van der Waals surface area contributed by atoms with Crippen LogP contribution in [-0.4, -0.2) is 53.3 Å². The Bertz CT molecular complexity index is 1030. The average Bonchev–Trinajstić information content (AvgIpc) is 3.13. The molecule has 1 unspecified atom stereocenters. The largest absolute Gasteiger partial charge is 0.408 e. The Hall–Kier alpha value is -3.37. The number of aryl methyl sites for hydroxylation is 1. The summed E-state index contributed by atoms with van der Waals surface area (Å²) in [6.07, 6.45) is -2.30.